The second-order valence-corrected chi connectivity index (χ2v) is 2.41. The average molecular weight is 139 g/mol. The molecule has 1 aromatic carbocycles. The van der Waals surface area contributed by atoms with Gasteiger partial charge in [0, 0.05) is 0 Å². The van der Waals surface area contributed by atoms with Crippen LogP contribution in [0.15, 0.2) is 30.3 Å². The quantitative estimate of drug-likeness (QED) is 0.448. The molecule has 2 N–H and O–H groups in total. The third-order valence-electron chi connectivity index (χ3n) is 1.14. The van der Waals surface area contributed by atoms with E-state index in [-0.39, 0.29) is 5.37 Å². The Balaban J connectivity index is 2.85. The Labute approximate surface area is 60.3 Å². The highest BCUT2D eigenvalue weighted by Crippen LogP contribution is 2.11. The molecule has 9 heavy (non-hydrogen) atoms. The van der Waals surface area contributed by atoms with E-state index in [4.69, 9.17) is 5.73 Å². The van der Waals surface area contributed by atoms with Crippen molar-refractivity contribution in [1.82, 2.24) is 0 Å². The van der Waals surface area contributed by atoms with Gasteiger partial charge in [-0.3, -0.25) is 0 Å². The highest BCUT2D eigenvalue weighted by molar-refractivity contribution is 7.80. The Hall–Kier alpha value is -0.470. The zero-order valence-corrected chi connectivity index (χ0v) is 5.88. The van der Waals surface area contributed by atoms with E-state index in [1.807, 2.05) is 30.3 Å². The lowest BCUT2D eigenvalue weighted by Crippen LogP contribution is -2.00. The molecule has 48 valence electrons. The lowest BCUT2D eigenvalue weighted by molar-refractivity contribution is 1.04. The predicted octanol–water partition coefficient (Wildman–Crippen LogP) is 1.57. The first-order valence-corrected chi connectivity index (χ1v) is 3.31. The van der Waals surface area contributed by atoms with Crippen molar-refractivity contribution in [2.45, 2.75) is 5.37 Å². The molecule has 0 spiro atoms. The molecule has 0 heterocycles. The summed E-state index contributed by atoms with van der Waals surface area (Å²) in [4.78, 5) is 0. The summed E-state index contributed by atoms with van der Waals surface area (Å²) in [6.45, 7) is 0. The van der Waals surface area contributed by atoms with Gasteiger partial charge in [0.25, 0.3) is 0 Å². The van der Waals surface area contributed by atoms with Gasteiger partial charge in [-0.1, -0.05) is 30.3 Å². The fourth-order valence-electron chi connectivity index (χ4n) is 0.650. The molecule has 1 aromatic rings. The van der Waals surface area contributed by atoms with Crippen molar-refractivity contribution >= 4 is 12.6 Å². The van der Waals surface area contributed by atoms with Gasteiger partial charge in [0.2, 0.25) is 0 Å². The number of benzene rings is 1. The van der Waals surface area contributed by atoms with Gasteiger partial charge in [0.1, 0.15) is 0 Å². The van der Waals surface area contributed by atoms with Crippen LogP contribution in [0.5, 0.6) is 0 Å². The third-order valence-corrected chi connectivity index (χ3v) is 1.44. The Morgan fingerprint density at radius 2 is 1.78 bits per heavy atom. The van der Waals surface area contributed by atoms with Crippen molar-refractivity contribution in [3.63, 3.8) is 0 Å². The van der Waals surface area contributed by atoms with Gasteiger partial charge in [0.05, 0.1) is 5.37 Å². The van der Waals surface area contributed by atoms with Gasteiger partial charge in [-0.05, 0) is 5.56 Å². The molecule has 1 nitrogen and oxygen atoms in total. The van der Waals surface area contributed by atoms with Crippen LogP contribution in [0, 0.1) is 0 Å². The van der Waals surface area contributed by atoms with Crippen LogP contribution < -0.4 is 5.73 Å². The Morgan fingerprint density at radius 3 is 2.11 bits per heavy atom. The van der Waals surface area contributed by atoms with Crippen molar-refractivity contribution in [3.8, 4) is 0 Å². The van der Waals surface area contributed by atoms with Gasteiger partial charge in [-0.25, -0.2) is 0 Å². The molecule has 1 atom stereocenters. The van der Waals surface area contributed by atoms with Crippen LogP contribution in [0.1, 0.15) is 10.9 Å². The summed E-state index contributed by atoms with van der Waals surface area (Å²) in [5.41, 5.74) is 6.53. The van der Waals surface area contributed by atoms with Crippen LogP contribution >= 0.6 is 12.6 Å². The van der Waals surface area contributed by atoms with Crippen LogP contribution in [-0.2, 0) is 0 Å². The maximum absolute atomic E-state index is 5.48. The zero-order valence-electron chi connectivity index (χ0n) is 4.99. The van der Waals surface area contributed by atoms with E-state index < -0.39 is 0 Å². The number of nitrogens with two attached hydrogens (primary N) is 1. The van der Waals surface area contributed by atoms with E-state index in [1.54, 1.807) is 0 Å². The summed E-state index contributed by atoms with van der Waals surface area (Å²) >= 11 is 4.07. The molecule has 0 bridgehead atoms. The highest BCUT2D eigenvalue weighted by Gasteiger charge is 1.94. The largest absolute Gasteiger partial charge is 0.316 e. The molecule has 0 saturated carbocycles. The van der Waals surface area contributed by atoms with Crippen LogP contribution in [0.25, 0.3) is 0 Å². The smallest absolute Gasteiger partial charge is 0.0734 e. The average Bonchev–Trinajstić information content (AvgIpc) is 1.90. The summed E-state index contributed by atoms with van der Waals surface area (Å²) < 4.78 is 0. The van der Waals surface area contributed by atoms with Crippen molar-refractivity contribution in [3.05, 3.63) is 35.9 Å². The Morgan fingerprint density at radius 1 is 1.22 bits per heavy atom. The molecule has 0 saturated heterocycles. The Kier molecular flexibility index (Phi) is 2.14. The first kappa shape index (κ1) is 6.65. The molecule has 0 radical (unpaired) electrons. The van der Waals surface area contributed by atoms with E-state index in [1.165, 1.54) is 0 Å². The van der Waals surface area contributed by atoms with Gasteiger partial charge < -0.3 is 5.73 Å². The fourth-order valence-corrected chi connectivity index (χ4v) is 0.822. The van der Waals surface area contributed by atoms with E-state index in [9.17, 15) is 0 Å². The molecular formula is C7H9NS. The van der Waals surface area contributed by atoms with Gasteiger partial charge in [-0.2, -0.15) is 12.6 Å². The second kappa shape index (κ2) is 2.90. The first-order valence-electron chi connectivity index (χ1n) is 2.79. The van der Waals surface area contributed by atoms with E-state index in [0.717, 1.165) is 5.56 Å². The van der Waals surface area contributed by atoms with Crippen molar-refractivity contribution in [2.75, 3.05) is 0 Å². The minimum atomic E-state index is -0.147. The summed E-state index contributed by atoms with van der Waals surface area (Å²) in [7, 11) is 0. The molecule has 0 aliphatic rings. The SMILES string of the molecule is NC(S)c1ccccc1. The molecule has 0 aromatic heterocycles. The summed E-state index contributed by atoms with van der Waals surface area (Å²) in [6.07, 6.45) is 0. The van der Waals surface area contributed by atoms with Crippen molar-refractivity contribution in [2.24, 2.45) is 5.73 Å². The Bertz CT molecular complexity index is 172. The molecular weight excluding hydrogens is 130 g/mol. The molecule has 1 unspecified atom stereocenters. The molecule has 2 heteroatoms. The van der Waals surface area contributed by atoms with Crippen LogP contribution in [0.4, 0.5) is 0 Å². The zero-order chi connectivity index (χ0) is 6.69. The maximum Gasteiger partial charge on any atom is 0.0734 e. The van der Waals surface area contributed by atoms with Crippen molar-refractivity contribution in [1.29, 1.82) is 0 Å². The summed E-state index contributed by atoms with van der Waals surface area (Å²) in [6, 6.07) is 9.77. The number of hydrogen-bond donors (Lipinski definition) is 2. The van der Waals surface area contributed by atoms with E-state index in [2.05, 4.69) is 12.6 Å². The summed E-state index contributed by atoms with van der Waals surface area (Å²) in [5.74, 6) is 0. The molecule has 0 aliphatic carbocycles. The minimum absolute atomic E-state index is 0.147. The molecule has 0 fully saturated rings. The number of thiol groups is 1. The van der Waals surface area contributed by atoms with Gasteiger partial charge in [0.15, 0.2) is 0 Å². The fraction of sp³-hybridized carbons (Fsp3) is 0.143. The van der Waals surface area contributed by atoms with Crippen molar-refractivity contribution < 1.29 is 0 Å². The molecule has 0 amide bonds. The molecule has 1 rings (SSSR count). The van der Waals surface area contributed by atoms with Crippen LogP contribution in [0.2, 0.25) is 0 Å². The lowest BCUT2D eigenvalue weighted by atomic mass is 10.2. The minimum Gasteiger partial charge on any atom is -0.316 e. The molecule has 0 aliphatic heterocycles. The maximum atomic E-state index is 5.48. The van der Waals surface area contributed by atoms with Crippen LogP contribution in [-0.4, -0.2) is 0 Å². The predicted molar refractivity (Wildman–Crippen MR) is 42.4 cm³/mol. The summed E-state index contributed by atoms with van der Waals surface area (Å²) in [5, 5.41) is -0.147. The van der Waals surface area contributed by atoms with E-state index >= 15 is 0 Å². The monoisotopic (exact) mass is 139 g/mol. The first-order chi connectivity index (χ1) is 4.30. The lowest BCUT2D eigenvalue weighted by Gasteiger charge is -2.01. The second-order valence-electron chi connectivity index (χ2n) is 1.86. The normalized spacial score (nSPS) is 13.1. The third kappa shape index (κ3) is 1.73. The standard InChI is InChI=1S/C7H9NS/c8-7(9)6-4-2-1-3-5-6/h1-5,7,9H,8H2. The van der Waals surface area contributed by atoms with E-state index in [0.29, 0.717) is 0 Å². The highest BCUT2D eigenvalue weighted by atomic mass is 32.1. The number of hydrogen-bond acceptors (Lipinski definition) is 2. The topological polar surface area (TPSA) is 26.0 Å². The number of rotatable bonds is 1. The van der Waals surface area contributed by atoms with Gasteiger partial charge >= 0.3 is 0 Å². The van der Waals surface area contributed by atoms with Gasteiger partial charge in [-0.15, -0.1) is 0 Å². The van der Waals surface area contributed by atoms with Crippen LogP contribution in [0.3, 0.4) is 0 Å².